The maximum absolute atomic E-state index is 4.93. The van der Waals surface area contributed by atoms with Crippen LogP contribution in [-0.4, -0.2) is 0 Å². The molecule has 0 bridgehead atoms. The molecule has 2 aromatic rings. The van der Waals surface area contributed by atoms with Crippen molar-refractivity contribution in [3.8, 4) is 11.1 Å². The number of halogens is 2. The number of allylic oxidation sites excluding steroid dienone is 1. The van der Waals surface area contributed by atoms with Gasteiger partial charge in [-0.05, 0) is 42.5 Å². The van der Waals surface area contributed by atoms with Crippen LogP contribution in [-0.2, 0) is 27.3 Å². The monoisotopic (exact) mass is 380 g/mol. The van der Waals surface area contributed by atoms with Crippen molar-refractivity contribution in [1.29, 1.82) is 0 Å². The van der Waals surface area contributed by atoms with Gasteiger partial charge in [0.05, 0.1) is 0 Å². The van der Waals surface area contributed by atoms with Crippen LogP contribution in [0.4, 0.5) is 0 Å². The Bertz CT molecular complexity index is 618. The first-order valence-corrected chi connectivity index (χ1v) is 12.8. The molecule has 20 heavy (non-hydrogen) atoms. The second kappa shape index (κ2) is 7.59. The van der Waals surface area contributed by atoms with Crippen LogP contribution in [0.2, 0.25) is 0 Å². The fourth-order valence-corrected chi connectivity index (χ4v) is 2.64. The van der Waals surface area contributed by atoms with Gasteiger partial charge in [-0.3, -0.25) is 0 Å². The van der Waals surface area contributed by atoms with Gasteiger partial charge in [-0.2, -0.15) is 0 Å². The molecule has 0 aliphatic heterocycles. The van der Waals surface area contributed by atoms with Crippen molar-refractivity contribution in [2.45, 2.75) is 20.3 Å². The van der Waals surface area contributed by atoms with Crippen molar-refractivity contribution in [1.82, 2.24) is 0 Å². The Labute approximate surface area is 139 Å². The van der Waals surface area contributed by atoms with Crippen LogP contribution in [0.25, 0.3) is 17.2 Å². The van der Waals surface area contributed by atoms with Gasteiger partial charge in [-0.15, -0.1) is 0 Å². The third-order valence-corrected chi connectivity index (χ3v) is 3.35. The number of fused-ring (bicyclic) bond motifs is 1. The molecule has 102 valence electrons. The summed E-state index contributed by atoms with van der Waals surface area (Å²) in [6, 6.07) is 15.3. The number of hydrogen-bond donors (Lipinski definition) is 0. The van der Waals surface area contributed by atoms with E-state index >= 15 is 0 Å². The number of aryl methyl sites for hydroxylation is 1. The molecule has 0 radical (unpaired) electrons. The van der Waals surface area contributed by atoms with Gasteiger partial charge in [0.25, 0.3) is 0 Å². The zero-order valence-corrected chi connectivity index (χ0v) is 15.6. The summed E-state index contributed by atoms with van der Waals surface area (Å²) in [4.78, 5) is 0. The topological polar surface area (TPSA) is 0 Å². The molecule has 0 atom stereocenters. The zero-order valence-electron chi connectivity index (χ0n) is 11.6. The number of rotatable bonds is 1. The zero-order chi connectivity index (χ0) is 14.5. The molecule has 0 spiro atoms. The first-order chi connectivity index (χ1) is 9.65. The molecule has 3 rings (SSSR count). The molecule has 0 N–H and O–H groups in total. The Morgan fingerprint density at radius 1 is 1.00 bits per heavy atom. The van der Waals surface area contributed by atoms with Crippen molar-refractivity contribution in [2.24, 2.45) is 0 Å². The average molecular weight is 382 g/mol. The predicted molar refractivity (Wildman–Crippen MR) is 85.7 cm³/mol. The van der Waals surface area contributed by atoms with E-state index in [1.165, 1.54) is 33.4 Å². The summed E-state index contributed by atoms with van der Waals surface area (Å²) in [7, 11) is 9.87. The Morgan fingerprint density at radius 2 is 1.65 bits per heavy atom. The van der Waals surface area contributed by atoms with Gasteiger partial charge < -0.3 is 0 Å². The standard InChI is InChI=1S/C17H16.2ClH.Zr/c1-12-8-15-9-13(2)11-17(15)16(10-12)14-6-4-3-5-7-14;;;/h3-8,10-11H,9H2,1-2H3;2*1H;/q;;;+2/p-2. The first kappa shape index (κ1) is 16.0. The molecular formula is C17H16Cl2Zr. The minimum absolute atomic E-state index is 0.826. The van der Waals surface area contributed by atoms with Crippen molar-refractivity contribution < 1.29 is 20.8 Å². The summed E-state index contributed by atoms with van der Waals surface area (Å²) in [6.07, 6.45) is 3.44. The molecule has 1 aliphatic carbocycles. The summed E-state index contributed by atoms with van der Waals surface area (Å²) in [5, 5.41) is 0. The van der Waals surface area contributed by atoms with E-state index in [1.807, 2.05) is 0 Å². The Balaban J connectivity index is 0.000000452. The Kier molecular flexibility index (Phi) is 6.08. The summed E-state index contributed by atoms with van der Waals surface area (Å²) in [6.45, 7) is 4.39. The summed E-state index contributed by atoms with van der Waals surface area (Å²) >= 11 is -0.826. The number of benzene rings is 2. The van der Waals surface area contributed by atoms with E-state index in [1.54, 1.807) is 0 Å². The molecule has 0 nitrogen and oxygen atoms in total. The Hall–Kier alpha value is -0.357. The SMILES string of the molecule is CC1=Cc2c(cc(C)cc2-c2ccccc2)C1.[Cl][Zr][Cl]. The predicted octanol–water partition coefficient (Wildman–Crippen LogP) is 6.00. The van der Waals surface area contributed by atoms with E-state index in [-0.39, 0.29) is 0 Å². The van der Waals surface area contributed by atoms with Gasteiger partial charge in [0, 0.05) is 0 Å². The van der Waals surface area contributed by atoms with Crippen LogP contribution < -0.4 is 0 Å². The second-order valence-corrected chi connectivity index (χ2v) is 8.72. The van der Waals surface area contributed by atoms with Crippen molar-refractivity contribution in [2.75, 3.05) is 0 Å². The van der Waals surface area contributed by atoms with Gasteiger partial charge in [0.2, 0.25) is 0 Å². The van der Waals surface area contributed by atoms with Crippen molar-refractivity contribution in [3.05, 3.63) is 64.7 Å². The van der Waals surface area contributed by atoms with Crippen LogP contribution in [0.5, 0.6) is 0 Å². The maximum atomic E-state index is 4.93. The van der Waals surface area contributed by atoms with Crippen LogP contribution in [0.1, 0.15) is 23.6 Å². The third kappa shape index (κ3) is 3.85. The molecule has 0 saturated carbocycles. The van der Waals surface area contributed by atoms with Crippen molar-refractivity contribution >= 4 is 23.1 Å². The molecule has 2 aromatic carbocycles. The molecular weight excluding hydrogens is 366 g/mol. The van der Waals surface area contributed by atoms with E-state index in [0.717, 1.165) is 6.42 Å². The van der Waals surface area contributed by atoms with Crippen molar-refractivity contribution in [3.63, 3.8) is 0 Å². The van der Waals surface area contributed by atoms with E-state index in [9.17, 15) is 0 Å². The second-order valence-electron chi connectivity index (χ2n) is 4.99. The fraction of sp³-hybridized carbons (Fsp3) is 0.176. The molecule has 0 aromatic heterocycles. The summed E-state index contributed by atoms with van der Waals surface area (Å²) in [5.41, 5.74) is 8.39. The van der Waals surface area contributed by atoms with Gasteiger partial charge in [0.1, 0.15) is 0 Å². The van der Waals surface area contributed by atoms with Gasteiger partial charge in [-0.1, -0.05) is 59.7 Å². The van der Waals surface area contributed by atoms with E-state index in [0.29, 0.717) is 0 Å². The van der Waals surface area contributed by atoms with Crippen LogP contribution >= 0.6 is 17.0 Å². The molecule has 0 saturated heterocycles. The van der Waals surface area contributed by atoms with Gasteiger partial charge in [-0.25, -0.2) is 0 Å². The number of hydrogen-bond acceptors (Lipinski definition) is 0. The summed E-state index contributed by atoms with van der Waals surface area (Å²) in [5.74, 6) is 0. The Morgan fingerprint density at radius 3 is 2.30 bits per heavy atom. The summed E-state index contributed by atoms with van der Waals surface area (Å²) < 4.78 is 0. The minimum atomic E-state index is -0.826. The molecule has 0 unspecified atom stereocenters. The molecule has 0 amide bonds. The molecule has 0 heterocycles. The van der Waals surface area contributed by atoms with E-state index in [4.69, 9.17) is 17.0 Å². The van der Waals surface area contributed by atoms with Crippen LogP contribution in [0.15, 0.2) is 48.0 Å². The first-order valence-electron chi connectivity index (χ1n) is 6.48. The molecule has 3 heteroatoms. The molecule has 1 aliphatic rings. The van der Waals surface area contributed by atoms with Gasteiger partial charge >= 0.3 is 37.9 Å². The van der Waals surface area contributed by atoms with E-state index < -0.39 is 20.8 Å². The van der Waals surface area contributed by atoms with Gasteiger partial charge in [0.15, 0.2) is 0 Å². The van der Waals surface area contributed by atoms with E-state index in [2.05, 4.69) is 62.4 Å². The fourth-order valence-electron chi connectivity index (χ4n) is 2.64. The van der Waals surface area contributed by atoms with Crippen LogP contribution in [0.3, 0.4) is 0 Å². The van der Waals surface area contributed by atoms with Crippen LogP contribution in [0, 0.1) is 6.92 Å². The molecule has 0 fully saturated rings. The quantitative estimate of drug-likeness (QED) is 0.568. The third-order valence-electron chi connectivity index (χ3n) is 3.35. The normalized spacial score (nSPS) is 12.1. The average Bonchev–Trinajstić information content (AvgIpc) is 2.80.